The summed E-state index contributed by atoms with van der Waals surface area (Å²) in [6, 6.07) is 16.7. The van der Waals surface area contributed by atoms with Crippen LogP contribution in [0, 0.1) is 0 Å². The molecule has 0 fully saturated rings. The third-order valence-corrected chi connectivity index (χ3v) is 6.83. The highest BCUT2D eigenvalue weighted by Gasteiger charge is 2.45. The average molecular weight is 532 g/mol. The Hall–Kier alpha value is -3.07. The number of hydrogen-bond acceptors (Lipinski definition) is 6. The molecule has 2 aromatic carbocycles. The molecule has 1 unspecified atom stereocenters. The molecule has 1 aromatic heterocycles. The van der Waals surface area contributed by atoms with Gasteiger partial charge in [-0.05, 0) is 36.8 Å². The molecule has 1 aliphatic heterocycles. The Labute approximate surface area is 217 Å². The van der Waals surface area contributed by atoms with Crippen molar-refractivity contribution in [3.63, 3.8) is 0 Å². The van der Waals surface area contributed by atoms with Crippen molar-refractivity contribution in [3.8, 4) is 5.75 Å². The molecule has 0 saturated heterocycles. The van der Waals surface area contributed by atoms with Gasteiger partial charge in [-0.3, -0.25) is 14.6 Å². The van der Waals surface area contributed by atoms with Crippen LogP contribution < -0.4 is 15.1 Å². The molecule has 0 radical (unpaired) electrons. The number of anilines is 1. The second kappa shape index (κ2) is 10.7. The number of fused-ring (bicyclic) bond motifs is 1. The van der Waals surface area contributed by atoms with Gasteiger partial charge < -0.3 is 14.5 Å². The SMILES string of the molecule is CN(C(=O)CNC(=O)C=Cc1ccco1)N1c2c(OCc3ccccc3)cc(Cl)cc2SC1(C)Cl. The van der Waals surface area contributed by atoms with Gasteiger partial charge in [0.1, 0.15) is 23.8 Å². The van der Waals surface area contributed by atoms with Crippen LogP contribution in [-0.4, -0.2) is 34.7 Å². The van der Waals surface area contributed by atoms with Crippen molar-refractivity contribution in [1.82, 2.24) is 10.3 Å². The molecule has 0 aliphatic carbocycles. The van der Waals surface area contributed by atoms with Crippen LogP contribution in [0.2, 0.25) is 5.02 Å². The number of benzene rings is 2. The molecule has 0 bridgehead atoms. The van der Waals surface area contributed by atoms with E-state index in [0.717, 1.165) is 10.5 Å². The maximum atomic E-state index is 13.0. The first-order valence-electron chi connectivity index (χ1n) is 10.7. The minimum Gasteiger partial charge on any atom is -0.487 e. The van der Waals surface area contributed by atoms with Crippen molar-refractivity contribution in [2.75, 3.05) is 18.6 Å². The summed E-state index contributed by atoms with van der Waals surface area (Å²) in [5, 5.41) is 6.11. The number of hydrogen-bond donors (Lipinski definition) is 1. The largest absolute Gasteiger partial charge is 0.487 e. The quantitative estimate of drug-likeness (QED) is 0.233. The molecule has 3 aromatic rings. The van der Waals surface area contributed by atoms with Crippen LogP contribution in [0.15, 0.2) is 76.2 Å². The maximum absolute atomic E-state index is 13.0. The Kier molecular flexibility index (Phi) is 7.64. The predicted octanol–water partition coefficient (Wildman–Crippen LogP) is 5.54. The number of likely N-dealkylation sites (N-methyl/N-ethyl adjacent to an activating group) is 1. The van der Waals surface area contributed by atoms with E-state index in [4.69, 9.17) is 32.4 Å². The Bertz CT molecular complexity index is 1230. The van der Waals surface area contributed by atoms with Gasteiger partial charge in [0.2, 0.25) is 5.91 Å². The Balaban J connectivity index is 1.50. The number of amides is 2. The van der Waals surface area contributed by atoms with Gasteiger partial charge >= 0.3 is 0 Å². The van der Waals surface area contributed by atoms with Gasteiger partial charge in [-0.1, -0.05) is 65.3 Å². The van der Waals surface area contributed by atoms with Gasteiger partial charge in [0.15, 0.2) is 4.33 Å². The highest BCUT2D eigenvalue weighted by Crippen LogP contribution is 2.57. The van der Waals surface area contributed by atoms with Gasteiger partial charge in [0, 0.05) is 29.1 Å². The van der Waals surface area contributed by atoms with Crippen molar-refractivity contribution in [3.05, 3.63) is 83.3 Å². The van der Waals surface area contributed by atoms with Crippen molar-refractivity contribution in [2.24, 2.45) is 0 Å². The normalized spacial score (nSPS) is 16.9. The van der Waals surface area contributed by atoms with Gasteiger partial charge in [-0.2, -0.15) is 0 Å². The second-order valence-electron chi connectivity index (χ2n) is 7.79. The van der Waals surface area contributed by atoms with E-state index in [9.17, 15) is 9.59 Å². The minimum atomic E-state index is -1.02. The number of halogens is 2. The molecular weight excluding hydrogens is 509 g/mol. The number of carbonyl (C=O) groups excluding carboxylic acids is 2. The number of rotatable bonds is 8. The molecule has 1 N–H and O–H groups in total. The first kappa shape index (κ1) is 25.0. The van der Waals surface area contributed by atoms with Crippen LogP contribution in [0.1, 0.15) is 18.2 Å². The summed E-state index contributed by atoms with van der Waals surface area (Å²) in [5.74, 6) is 0.243. The molecule has 182 valence electrons. The Morgan fingerprint density at radius 1 is 1.23 bits per heavy atom. The van der Waals surface area contributed by atoms with E-state index in [1.807, 2.05) is 30.3 Å². The summed E-state index contributed by atoms with van der Waals surface area (Å²) < 4.78 is 10.2. The molecule has 0 spiro atoms. The number of furan rings is 1. The maximum Gasteiger partial charge on any atom is 0.260 e. The summed E-state index contributed by atoms with van der Waals surface area (Å²) in [5.41, 5.74) is 1.62. The topological polar surface area (TPSA) is 75.0 Å². The van der Waals surface area contributed by atoms with Crippen LogP contribution in [0.4, 0.5) is 5.69 Å². The van der Waals surface area contributed by atoms with E-state index in [1.165, 1.54) is 35.2 Å². The van der Waals surface area contributed by atoms with Crippen LogP contribution in [0.5, 0.6) is 5.75 Å². The number of nitrogens with one attached hydrogen (secondary N) is 1. The number of thioether (sulfide) groups is 1. The molecule has 35 heavy (non-hydrogen) atoms. The third kappa shape index (κ3) is 5.96. The monoisotopic (exact) mass is 531 g/mol. The zero-order valence-electron chi connectivity index (χ0n) is 19.0. The zero-order valence-corrected chi connectivity index (χ0v) is 21.4. The molecule has 1 atom stereocenters. The van der Waals surface area contributed by atoms with Crippen molar-refractivity contribution < 1.29 is 18.7 Å². The third-order valence-electron chi connectivity index (χ3n) is 5.15. The van der Waals surface area contributed by atoms with E-state index in [1.54, 1.807) is 43.2 Å². The molecule has 7 nitrogen and oxygen atoms in total. The van der Waals surface area contributed by atoms with Crippen LogP contribution in [-0.2, 0) is 16.2 Å². The van der Waals surface area contributed by atoms with Gasteiger partial charge in [-0.15, -0.1) is 0 Å². The van der Waals surface area contributed by atoms with Crippen LogP contribution >= 0.6 is 35.0 Å². The van der Waals surface area contributed by atoms with Gasteiger partial charge in [0.25, 0.3) is 5.91 Å². The fraction of sp³-hybridized carbons (Fsp3) is 0.200. The second-order valence-corrected chi connectivity index (χ2v) is 10.6. The van der Waals surface area contributed by atoms with Gasteiger partial charge in [-0.25, -0.2) is 5.01 Å². The zero-order chi connectivity index (χ0) is 25.0. The van der Waals surface area contributed by atoms with Crippen LogP contribution in [0.25, 0.3) is 6.08 Å². The van der Waals surface area contributed by atoms with Crippen molar-refractivity contribution >= 4 is 58.5 Å². The predicted molar refractivity (Wildman–Crippen MR) is 138 cm³/mol. The number of ether oxygens (including phenoxy) is 1. The summed E-state index contributed by atoms with van der Waals surface area (Å²) in [6.07, 6.45) is 4.33. The molecule has 10 heteroatoms. The van der Waals surface area contributed by atoms with Crippen molar-refractivity contribution in [2.45, 2.75) is 22.8 Å². The van der Waals surface area contributed by atoms with E-state index < -0.39 is 10.2 Å². The fourth-order valence-corrected chi connectivity index (χ4v) is 5.43. The summed E-state index contributed by atoms with van der Waals surface area (Å²) in [6.45, 7) is 1.87. The van der Waals surface area contributed by atoms with E-state index in [2.05, 4.69) is 5.32 Å². The molecule has 2 heterocycles. The lowest BCUT2D eigenvalue weighted by Gasteiger charge is -2.38. The molecule has 2 amide bonds. The number of alkyl halides is 1. The smallest absolute Gasteiger partial charge is 0.260 e. The first-order chi connectivity index (χ1) is 16.7. The lowest BCUT2D eigenvalue weighted by Crippen LogP contribution is -2.53. The number of nitrogens with zero attached hydrogens (tertiary/aromatic N) is 2. The number of carbonyl (C=O) groups is 2. The highest BCUT2D eigenvalue weighted by atomic mass is 35.5. The van der Waals surface area contributed by atoms with Crippen LogP contribution in [0.3, 0.4) is 0 Å². The number of hydrazine groups is 1. The molecule has 0 saturated carbocycles. The standard InChI is InChI=1S/C25H23Cl2N3O4S/c1-25(27)30(29(2)23(32)15-28-22(31)11-10-19-9-6-12-33-19)24-20(13-18(26)14-21(24)35-25)34-16-17-7-4-3-5-8-17/h3-14H,15-16H2,1-2H3,(H,28,31). The lowest BCUT2D eigenvalue weighted by molar-refractivity contribution is -0.131. The Morgan fingerprint density at radius 2 is 2.00 bits per heavy atom. The highest BCUT2D eigenvalue weighted by molar-refractivity contribution is 8.02. The Morgan fingerprint density at radius 3 is 2.71 bits per heavy atom. The fourth-order valence-electron chi connectivity index (χ4n) is 3.54. The molecular formula is C25H23Cl2N3O4S. The summed E-state index contributed by atoms with van der Waals surface area (Å²) >= 11 is 14.5. The van der Waals surface area contributed by atoms with E-state index >= 15 is 0 Å². The first-order valence-corrected chi connectivity index (χ1v) is 12.3. The van der Waals surface area contributed by atoms with E-state index in [-0.39, 0.29) is 12.5 Å². The van der Waals surface area contributed by atoms with E-state index in [0.29, 0.717) is 28.8 Å². The molecule has 4 rings (SSSR count). The van der Waals surface area contributed by atoms with Gasteiger partial charge in [0.05, 0.1) is 12.8 Å². The molecule has 1 aliphatic rings. The van der Waals surface area contributed by atoms with Crippen molar-refractivity contribution in [1.29, 1.82) is 0 Å². The lowest BCUT2D eigenvalue weighted by atomic mass is 10.2. The average Bonchev–Trinajstić information content (AvgIpc) is 3.44. The summed E-state index contributed by atoms with van der Waals surface area (Å²) in [4.78, 5) is 25.9. The minimum absolute atomic E-state index is 0.227. The summed E-state index contributed by atoms with van der Waals surface area (Å²) in [7, 11) is 1.60.